The molecule has 124 valence electrons. The van der Waals surface area contributed by atoms with Gasteiger partial charge < -0.3 is 15.5 Å². The lowest BCUT2D eigenvalue weighted by Gasteiger charge is -2.08. The first-order chi connectivity index (χ1) is 11.3. The molecule has 9 nitrogen and oxygen atoms in total. The Morgan fingerprint density at radius 3 is 2.46 bits per heavy atom. The standard InChI is InChI=1S/C15H14N4O5/c1-8-5-12(16-9(2)20)15(22)13(6-8)18-17-11-7-10(19(23)24)3-4-14(11)21/h3-7,21-22H,1-2H3,(H,16,20). The molecule has 0 unspecified atom stereocenters. The Bertz CT molecular complexity index is 848. The van der Waals surface area contributed by atoms with Crippen LogP contribution in [0.2, 0.25) is 0 Å². The summed E-state index contributed by atoms with van der Waals surface area (Å²) in [5.74, 6) is -0.960. The predicted molar refractivity (Wildman–Crippen MR) is 86.1 cm³/mol. The Kier molecular flexibility index (Phi) is 4.73. The van der Waals surface area contributed by atoms with Crippen LogP contribution < -0.4 is 5.32 Å². The number of nitro groups is 1. The van der Waals surface area contributed by atoms with Crippen molar-refractivity contribution in [2.75, 3.05) is 5.32 Å². The molecular weight excluding hydrogens is 316 g/mol. The highest BCUT2D eigenvalue weighted by Gasteiger charge is 2.12. The fourth-order valence-electron chi connectivity index (χ4n) is 1.93. The van der Waals surface area contributed by atoms with Crippen LogP contribution >= 0.6 is 0 Å². The molecule has 1 amide bonds. The monoisotopic (exact) mass is 330 g/mol. The number of carbonyl (C=O) groups is 1. The van der Waals surface area contributed by atoms with Crippen LogP contribution in [0.1, 0.15) is 12.5 Å². The number of aryl methyl sites for hydroxylation is 1. The van der Waals surface area contributed by atoms with E-state index in [0.29, 0.717) is 5.56 Å². The van der Waals surface area contributed by atoms with E-state index in [1.165, 1.54) is 13.0 Å². The van der Waals surface area contributed by atoms with Crippen LogP contribution in [0.3, 0.4) is 0 Å². The Morgan fingerprint density at radius 1 is 1.17 bits per heavy atom. The van der Waals surface area contributed by atoms with Crippen molar-refractivity contribution in [3.8, 4) is 11.5 Å². The first kappa shape index (κ1) is 16.9. The molecular formula is C15H14N4O5. The van der Waals surface area contributed by atoms with Gasteiger partial charge >= 0.3 is 0 Å². The van der Waals surface area contributed by atoms with Crippen molar-refractivity contribution in [1.82, 2.24) is 0 Å². The summed E-state index contributed by atoms with van der Waals surface area (Å²) in [5.41, 5.74) is 0.540. The molecule has 3 N–H and O–H groups in total. The summed E-state index contributed by atoms with van der Waals surface area (Å²) in [5, 5.41) is 40.6. The van der Waals surface area contributed by atoms with Crippen LogP contribution in [-0.2, 0) is 4.79 Å². The minimum Gasteiger partial charge on any atom is -0.506 e. The van der Waals surface area contributed by atoms with Crippen molar-refractivity contribution in [3.05, 3.63) is 46.0 Å². The molecule has 0 heterocycles. The third-order valence-electron chi connectivity index (χ3n) is 2.98. The zero-order valence-corrected chi connectivity index (χ0v) is 12.8. The minimum atomic E-state index is -0.627. The smallest absolute Gasteiger partial charge is 0.271 e. The highest BCUT2D eigenvalue weighted by atomic mass is 16.6. The molecule has 24 heavy (non-hydrogen) atoms. The van der Waals surface area contributed by atoms with Crippen LogP contribution in [0.4, 0.5) is 22.7 Å². The van der Waals surface area contributed by atoms with Crippen molar-refractivity contribution in [3.63, 3.8) is 0 Å². The maximum atomic E-state index is 11.1. The summed E-state index contributed by atoms with van der Waals surface area (Å²) in [6.07, 6.45) is 0. The number of nitrogens with one attached hydrogen (secondary N) is 1. The number of anilines is 1. The van der Waals surface area contributed by atoms with Crippen LogP contribution in [0.5, 0.6) is 11.5 Å². The Hall–Kier alpha value is -3.49. The average molecular weight is 330 g/mol. The van der Waals surface area contributed by atoms with Gasteiger partial charge in [-0.1, -0.05) is 0 Å². The van der Waals surface area contributed by atoms with Crippen molar-refractivity contribution in [1.29, 1.82) is 0 Å². The molecule has 0 radical (unpaired) electrons. The normalized spacial score (nSPS) is 10.8. The number of carbonyl (C=O) groups excluding carboxylic acids is 1. The van der Waals surface area contributed by atoms with E-state index >= 15 is 0 Å². The minimum absolute atomic E-state index is 0.0460. The number of nitrogens with zero attached hydrogens (tertiary/aromatic N) is 3. The molecule has 9 heteroatoms. The van der Waals surface area contributed by atoms with Crippen LogP contribution in [0.15, 0.2) is 40.6 Å². The molecule has 0 saturated carbocycles. The summed E-state index contributed by atoms with van der Waals surface area (Å²) < 4.78 is 0. The van der Waals surface area contributed by atoms with Gasteiger partial charge in [0.1, 0.15) is 17.1 Å². The van der Waals surface area contributed by atoms with Gasteiger partial charge in [0.2, 0.25) is 5.91 Å². The quantitative estimate of drug-likeness (QED) is 0.340. The number of rotatable bonds is 4. The van der Waals surface area contributed by atoms with Gasteiger partial charge in [-0.05, 0) is 30.7 Å². The fourth-order valence-corrected chi connectivity index (χ4v) is 1.93. The summed E-state index contributed by atoms with van der Waals surface area (Å²) in [7, 11) is 0. The van der Waals surface area contributed by atoms with Gasteiger partial charge in [-0.25, -0.2) is 0 Å². The second-order valence-corrected chi connectivity index (χ2v) is 4.99. The predicted octanol–water partition coefficient (Wildman–Crippen LogP) is 3.69. The second-order valence-electron chi connectivity index (χ2n) is 4.99. The highest BCUT2D eigenvalue weighted by molar-refractivity contribution is 5.91. The Balaban J connectivity index is 2.42. The van der Waals surface area contributed by atoms with E-state index in [2.05, 4.69) is 15.5 Å². The van der Waals surface area contributed by atoms with Crippen molar-refractivity contribution in [2.45, 2.75) is 13.8 Å². The lowest BCUT2D eigenvalue weighted by atomic mass is 10.1. The molecule has 0 bridgehead atoms. The Morgan fingerprint density at radius 2 is 1.83 bits per heavy atom. The summed E-state index contributed by atoms with van der Waals surface area (Å²) in [4.78, 5) is 21.3. The zero-order valence-electron chi connectivity index (χ0n) is 12.8. The molecule has 0 aliphatic carbocycles. The van der Waals surface area contributed by atoms with E-state index in [1.807, 2.05) is 0 Å². The number of non-ortho nitro benzene ring substituents is 1. The van der Waals surface area contributed by atoms with E-state index < -0.39 is 4.92 Å². The van der Waals surface area contributed by atoms with E-state index in [1.54, 1.807) is 13.0 Å². The van der Waals surface area contributed by atoms with Gasteiger partial charge in [-0.3, -0.25) is 14.9 Å². The van der Waals surface area contributed by atoms with E-state index in [9.17, 15) is 25.1 Å². The third-order valence-corrected chi connectivity index (χ3v) is 2.98. The Labute approximate surface area is 136 Å². The first-order valence-corrected chi connectivity index (χ1v) is 6.78. The number of amides is 1. The first-order valence-electron chi connectivity index (χ1n) is 6.78. The number of aromatic hydroxyl groups is 2. The number of hydrogen-bond donors (Lipinski definition) is 3. The van der Waals surface area contributed by atoms with Crippen molar-refractivity contribution in [2.24, 2.45) is 10.2 Å². The summed E-state index contributed by atoms with van der Waals surface area (Å²) in [6, 6.07) is 6.39. The van der Waals surface area contributed by atoms with Crippen LogP contribution in [0, 0.1) is 17.0 Å². The lowest BCUT2D eigenvalue weighted by Crippen LogP contribution is -2.06. The van der Waals surface area contributed by atoms with Crippen LogP contribution in [0.25, 0.3) is 0 Å². The van der Waals surface area contributed by atoms with Gasteiger partial charge in [-0.15, -0.1) is 10.2 Å². The van der Waals surface area contributed by atoms with E-state index in [4.69, 9.17) is 0 Å². The largest absolute Gasteiger partial charge is 0.506 e. The average Bonchev–Trinajstić information content (AvgIpc) is 2.49. The highest BCUT2D eigenvalue weighted by Crippen LogP contribution is 2.38. The summed E-state index contributed by atoms with van der Waals surface area (Å²) >= 11 is 0. The molecule has 0 atom stereocenters. The topological polar surface area (TPSA) is 137 Å². The maximum absolute atomic E-state index is 11.1. The lowest BCUT2D eigenvalue weighted by molar-refractivity contribution is -0.384. The molecule has 2 aromatic carbocycles. The van der Waals surface area contributed by atoms with E-state index in [-0.39, 0.29) is 40.2 Å². The molecule has 0 aliphatic rings. The molecule has 0 spiro atoms. The van der Waals surface area contributed by atoms with Gasteiger partial charge in [0.15, 0.2) is 5.75 Å². The number of azo groups is 1. The number of benzene rings is 2. The van der Waals surface area contributed by atoms with Crippen molar-refractivity contribution < 1.29 is 19.9 Å². The van der Waals surface area contributed by atoms with Crippen molar-refractivity contribution >= 4 is 28.7 Å². The van der Waals surface area contributed by atoms with E-state index in [0.717, 1.165) is 18.2 Å². The van der Waals surface area contributed by atoms with Crippen LogP contribution in [-0.4, -0.2) is 21.0 Å². The molecule has 0 fully saturated rings. The number of phenolic OH excluding ortho intramolecular Hbond substituents is 2. The van der Waals surface area contributed by atoms with Gasteiger partial charge in [0.25, 0.3) is 5.69 Å². The zero-order chi connectivity index (χ0) is 17.9. The second kappa shape index (κ2) is 6.73. The number of nitro benzene ring substituents is 1. The molecule has 0 saturated heterocycles. The van der Waals surface area contributed by atoms with Gasteiger partial charge in [0.05, 0.1) is 10.6 Å². The SMILES string of the molecule is CC(=O)Nc1cc(C)cc(N=Nc2cc([N+](=O)[O-])ccc2O)c1O. The fraction of sp³-hybridized carbons (Fsp3) is 0.133. The summed E-state index contributed by atoms with van der Waals surface area (Å²) in [6.45, 7) is 3.03. The third kappa shape index (κ3) is 3.83. The number of hydrogen-bond acceptors (Lipinski definition) is 7. The molecule has 2 aromatic rings. The van der Waals surface area contributed by atoms with Gasteiger partial charge in [0, 0.05) is 19.1 Å². The maximum Gasteiger partial charge on any atom is 0.271 e. The number of phenols is 2. The van der Waals surface area contributed by atoms with Gasteiger partial charge in [-0.2, -0.15) is 0 Å². The molecule has 0 aromatic heterocycles. The molecule has 0 aliphatic heterocycles. The molecule has 2 rings (SSSR count).